The lowest BCUT2D eigenvalue weighted by molar-refractivity contribution is -0.137. The number of fused-ring (bicyclic) bond motifs is 2. The Bertz CT molecular complexity index is 1130. The van der Waals surface area contributed by atoms with Crippen molar-refractivity contribution >= 4 is 12.2 Å². The van der Waals surface area contributed by atoms with Crippen LogP contribution in [0.5, 0.6) is 11.5 Å². The van der Waals surface area contributed by atoms with Gasteiger partial charge in [-0.3, -0.25) is 4.79 Å². The zero-order valence-corrected chi connectivity index (χ0v) is 18.9. The average Bonchev–Trinajstić information content (AvgIpc) is 2.74. The molecule has 0 spiro atoms. The summed E-state index contributed by atoms with van der Waals surface area (Å²) >= 11 is 0. The van der Waals surface area contributed by atoms with Gasteiger partial charge in [0.2, 0.25) is 0 Å². The maximum Gasteiger partial charge on any atom is 0.294 e. The molecule has 31 heavy (non-hydrogen) atoms. The van der Waals surface area contributed by atoms with E-state index in [9.17, 15) is 4.79 Å². The number of aryl methyl sites for hydroxylation is 3. The van der Waals surface area contributed by atoms with Crippen LogP contribution in [-0.2, 0) is 15.1 Å². The molecule has 0 saturated carbocycles. The normalized spacial score (nSPS) is 16.7. The molecular formula is C27H29NO3. The number of ether oxygens (including phenoxy) is 2. The second-order valence-electron chi connectivity index (χ2n) is 8.12. The number of benzene rings is 3. The van der Waals surface area contributed by atoms with Crippen molar-refractivity contribution in [1.29, 1.82) is 0 Å². The topological polar surface area (TPSA) is 38.8 Å². The van der Waals surface area contributed by atoms with Crippen molar-refractivity contribution in [2.24, 2.45) is 0 Å². The fraction of sp³-hybridized carbons (Fsp3) is 0.296. The molecule has 0 aromatic heterocycles. The van der Waals surface area contributed by atoms with Crippen LogP contribution in [0.1, 0.15) is 47.2 Å². The van der Waals surface area contributed by atoms with Gasteiger partial charge in [0.05, 0.1) is 5.56 Å². The third-order valence-electron chi connectivity index (χ3n) is 6.24. The summed E-state index contributed by atoms with van der Waals surface area (Å²) in [5.74, 6) is 1.44. The number of hydrogen-bond donors (Lipinski definition) is 0. The molecule has 160 valence electrons. The second kappa shape index (κ2) is 8.10. The van der Waals surface area contributed by atoms with Crippen LogP contribution in [0.2, 0.25) is 0 Å². The molecular weight excluding hydrogens is 386 g/mol. The van der Waals surface area contributed by atoms with Crippen molar-refractivity contribution in [2.45, 2.75) is 40.2 Å². The zero-order chi connectivity index (χ0) is 22.2. The maximum absolute atomic E-state index is 12.0. The molecule has 4 nitrogen and oxygen atoms in total. The largest absolute Gasteiger partial charge is 0.456 e. The summed E-state index contributed by atoms with van der Waals surface area (Å²) in [6.45, 7) is 12.8. The van der Waals surface area contributed by atoms with Crippen LogP contribution in [0.15, 0.2) is 54.6 Å². The Labute approximate surface area is 184 Å². The number of carbonyl (C=O) groups excluding carboxylic acids is 1. The minimum atomic E-state index is -1.07. The minimum absolute atomic E-state index is 0.558. The first-order chi connectivity index (χ1) is 15.0. The molecule has 0 fully saturated rings. The molecule has 0 bridgehead atoms. The Morgan fingerprint density at radius 2 is 1.65 bits per heavy atom. The molecule has 0 radical (unpaired) electrons. The molecule has 1 aliphatic rings. The first-order valence-corrected chi connectivity index (χ1v) is 10.8. The van der Waals surface area contributed by atoms with Crippen molar-refractivity contribution in [2.75, 3.05) is 18.0 Å². The van der Waals surface area contributed by atoms with E-state index in [-0.39, 0.29) is 0 Å². The van der Waals surface area contributed by atoms with Crippen LogP contribution in [0.4, 0.5) is 5.69 Å². The van der Waals surface area contributed by atoms with E-state index in [0.717, 1.165) is 57.9 Å². The second-order valence-corrected chi connectivity index (χ2v) is 8.12. The third kappa shape index (κ3) is 3.27. The monoisotopic (exact) mass is 415 g/mol. The highest BCUT2D eigenvalue weighted by Gasteiger charge is 2.48. The standard InChI is InChI=1S/C27H29NO3/c1-6-28(7-2)21-12-13-23-24(16-21)31-25-15-18(3)14-20(5)26(25)27(23,30-17-29)22-11-9-8-10-19(22)4/h8-17H,6-7H2,1-5H3. The van der Waals surface area contributed by atoms with Crippen LogP contribution >= 0.6 is 0 Å². The highest BCUT2D eigenvalue weighted by atomic mass is 16.5. The zero-order valence-electron chi connectivity index (χ0n) is 18.9. The first kappa shape index (κ1) is 21.0. The van der Waals surface area contributed by atoms with Gasteiger partial charge in [-0.1, -0.05) is 30.3 Å². The summed E-state index contributed by atoms with van der Waals surface area (Å²) in [4.78, 5) is 14.2. The van der Waals surface area contributed by atoms with Gasteiger partial charge in [0.25, 0.3) is 6.47 Å². The quantitative estimate of drug-likeness (QED) is 0.461. The molecule has 1 atom stereocenters. The van der Waals surface area contributed by atoms with Crippen LogP contribution < -0.4 is 9.64 Å². The van der Waals surface area contributed by atoms with Gasteiger partial charge in [-0.05, 0) is 69.5 Å². The summed E-state index contributed by atoms with van der Waals surface area (Å²) in [5, 5.41) is 0. The lowest BCUT2D eigenvalue weighted by atomic mass is 9.74. The predicted molar refractivity (Wildman–Crippen MR) is 124 cm³/mol. The van der Waals surface area contributed by atoms with E-state index < -0.39 is 5.60 Å². The number of anilines is 1. The van der Waals surface area contributed by atoms with Gasteiger partial charge in [-0.25, -0.2) is 0 Å². The smallest absolute Gasteiger partial charge is 0.294 e. The summed E-state index contributed by atoms with van der Waals surface area (Å²) in [7, 11) is 0. The van der Waals surface area contributed by atoms with Crippen molar-refractivity contribution in [1.82, 2.24) is 0 Å². The van der Waals surface area contributed by atoms with Crippen molar-refractivity contribution in [3.63, 3.8) is 0 Å². The average molecular weight is 416 g/mol. The number of rotatable bonds is 6. The molecule has 4 rings (SSSR count). The third-order valence-corrected chi connectivity index (χ3v) is 6.24. The number of nitrogens with zero attached hydrogens (tertiary/aromatic N) is 1. The molecule has 4 heteroatoms. The van der Waals surface area contributed by atoms with Crippen molar-refractivity contribution in [3.8, 4) is 11.5 Å². The fourth-order valence-corrected chi connectivity index (χ4v) is 4.89. The van der Waals surface area contributed by atoms with E-state index in [2.05, 4.69) is 43.9 Å². The van der Waals surface area contributed by atoms with E-state index in [0.29, 0.717) is 12.2 Å². The lowest BCUT2D eigenvalue weighted by Gasteiger charge is -2.41. The Morgan fingerprint density at radius 1 is 0.903 bits per heavy atom. The van der Waals surface area contributed by atoms with Gasteiger partial charge in [0.1, 0.15) is 11.5 Å². The summed E-state index contributed by atoms with van der Waals surface area (Å²) in [6, 6.07) is 18.4. The van der Waals surface area contributed by atoms with Crippen LogP contribution in [-0.4, -0.2) is 19.6 Å². The number of hydrogen-bond acceptors (Lipinski definition) is 4. The highest BCUT2D eigenvalue weighted by Crippen LogP contribution is 2.54. The van der Waals surface area contributed by atoms with Gasteiger partial charge in [0, 0.05) is 36.0 Å². The minimum Gasteiger partial charge on any atom is -0.456 e. The van der Waals surface area contributed by atoms with Gasteiger partial charge in [-0.2, -0.15) is 0 Å². The molecule has 1 unspecified atom stereocenters. The molecule has 0 amide bonds. The van der Waals surface area contributed by atoms with Gasteiger partial charge >= 0.3 is 0 Å². The maximum atomic E-state index is 12.0. The summed E-state index contributed by atoms with van der Waals surface area (Å²) < 4.78 is 12.5. The van der Waals surface area contributed by atoms with E-state index in [4.69, 9.17) is 9.47 Å². The Morgan fingerprint density at radius 3 is 2.32 bits per heavy atom. The lowest BCUT2D eigenvalue weighted by Crippen LogP contribution is -2.37. The number of carbonyl (C=O) groups is 1. The molecule has 0 aliphatic carbocycles. The predicted octanol–water partition coefficient (Wildman–Crippen LogP) is 6.03. The van der Waals surface area contributed by atoms with Gasteiger partial charge < -0.3 is 14.4 Å². The molecule has 0 saturated heterocycles. The SMILES string of the molecule is CCN(CC)c1ccc2c(c1)Oc1cc(C)cc(C)c1C2(OC=O)c1ccccc1C. The molecule has 3 aromatic carbocycles. The summed E-state index contributed by atoms with van der Waals surface area (Å²) in [6.07, 6.45) is 0. The molecule has 1 heterocycles. The van der Waals surface area contributed by atoms with E-state index in [1.165, 1.54) is 0 Å². The van der Waals surface area contributed by atoms with Crippen LogP contribution in [0.25, 0.3) is 0 Å². The molecule has 0 N–H and O–H groups in total. The van der Waals surface area contributed by atoms with Gasteiger partial charge in [-0.15, -0.1) is 0 Å². The van der Waals surface area contributed by atoms with Crippen LogP contribution in [0, 0.1) is 20.8 Å². The fourth-order valence-electron chi connectivity index (χ4n) is 4.89. The van der Waals surface area contributed by atoms with E-state index >= 15 is 0 Å². The van der Waals surface area contributed by atoms with Gasteiger partial charge in [0.15, 0.2) is 5.60 Å². The molecule has 3 aromatic rings. The van der Waals surface area contributed by atoms with E-state index in [1.807, 2.05) is 50.2 Å². The van der Waals surface area contributed by atoms with Crippen LogP contribution in [0.3, 0.4) is 0 Å². The Kier molecular flexibility index (Phi) is 5.48. The van der Waals surface area contributed by atoms with Crippen molar-refractivity contribution in [3.05, 3.63) is 88.0 Å². The van der Waals surface area contributed by atoms with Crippen molar-refractivity contribution < 1.29 is 14.3 Å². The summed E-state index contributed by atoms with van der Waals surface area (Å²) in [5.41, 5.74) is 5.85. The molecule has 1 aliphatic heterocycles. The van der Waals surface area contributed by atoms with E-state index in [1.54, 1.807) is 0 Å². The first-order valence-electron chi connectivity index (χ1n) is 10.8. The Hall–Kier alpha value is -3.27. The Balaban J connectivity index is 2.09. The highest BCUT2D eigenvalue weighted by molar-refractivity contribution is 5.69.